The number of rotatable bonds is 4. The molecule has 2 rings (SSSR count). The van der Waals surface area contributed by atoms with Crippen molar-refractivity contribution in [2.24, 2.45) is 0 Å². The van der Waals surface area contributed by atoms with E-state index >= 15 is 0 Å². The standard InChI is InChI=1S/C9H8BrN3O2S2/c10-8-1-2-9(16-8)17(14,15)13-5-7-3-4-11-6-12-7/h1-4,6,13H,5H2. The number of aromatic nitrogens is 2. The van der Waals surface area contributed by atoms with E-state index in [4.69, 9.17) is 0 Å². The third-order valence-electron chi connectivity index (χ3n) is 1.90. The number of halogens is 1. The smallest absolute Gasteiger partial charge is 0.245 e. The first-order valence-electron chi connectivity index (χ1n) is 4.58. The predicted molar refractivity (Wildman–Crippen MR) is 68.1 cm³/mol. The number of sulfonamides is 1. The number of hydrogen-bond donors (Lipinski definition) is 1. The van der Waals surface area contributed by atoms with Crippen LogP contribution in [-0.4, -0.2) is 18.4 Å². The van der Waals surface area contributed by atoms with Crippen molar-refractivity contribution >= 4 is 37.3 Å². The summed E-state index contributed by atoms with van der Waals surface area (Å²) < 4.78 is 27.2. The maximum absolute atomic E-state index is 11.9. The van der Waals surface area contributed by atoms with Crippen LogP contribution in [0.4, 0.5) is 0 Å². The lowest BCUT2D eigenvalue weighted by atomic mass is 10.4. The van der Waals surface area contributed by atoms with Crippen LogP contribution < -0.4 is 4.72 Å². The summed E-state index contributed by atoms with van der Waals surface area (Å²) in [6, 6.07) is 4.91. The summed E-state index contributed by atoms with van der Waals surface area (Å²) in [5.74, 6) is 0. The van der Waals surface area contributed by atoms with E-state index in [0.717, 1.165) is 15.1 Å². The van der Waals surface area contributed by atoms with E-state index < -0.39 is 10.0 Å². The van der Waals surface area contributed by atoms with E-state index in [1.165, 1.54) is 6.33 Å². The minimum absolute atomic E-state index is 0.153. The highest BCUT2D eigenvalue weighted by atomic mass is 79.9. The number of nitrogens with one attached hydrogen (secondary N) is 1. The number of thiophene rings is 1. The third kappa shape index (κ3) is 3.32. The molecule has 1 N–H and O–H groups in total. The first-order chi connectivity index (χ1) is 8.08. The summed E-state index contributed by atoms with van der Waals surface area (Å²) in [5.41, 5.74) is 0.624. The van der Waals surface area contributed by atoms with Gasteiger partial charge in [-0.2, -0.15) is 0 Å². The maximum atomic E-state index is 11.9. The molecule has 0 saturated carbocycles. The van der Waals surface area contributed by atoms with Gasteiger partial charge in [-0.3, -0.25) is 0 Å². The molecule has 0 fully saturated rings. The van der Waals surface area contributed by atoms with Crippen molar-refractivity contribution in [2.75, 3.05) is 0 Å². The average Bonchev–Trinajstić information content (AvgIpc) is 2.76. The Kier molecular flexibility index (Phi) is 3.87. The molecule has 17 heavy (non-hydrogen) atoms. The molecule has 90 valence electrons. The van der Waals surface area contributed by atoms with Crippen LogP contribution in [0.15, 0.2) is 38.7 Å². The molecule has 0 aliphatic heterocycles. The lowest BCUT2D eigenvalue weighted by molar-refractivity contribution is 0.582. The molecule has 0 aliphatic carbocycles. The van der Waals surface area contributed by atoms with E-state index in [9.17, 15) is 8.42 Å². The van der Waals surface area contributed by atoms with Gasteiger partial charge in [-0.1, -0.05) is 0 Å². The van der Waals surface area contributed by atoms with Crippen molar-refractivity contribution in [3.63, 3.8) is 0 Å². The zero-order chi connectivity index (χ0) is 12.3. The molecular formula is C9H8BrN3O2S2. The monoisotopic (exact) mass is 333 g/mol. The van der Waals surface area contributed by atoms with Crippen molar-refractivity contribution in [1.82, 2.24) is 14.7 Å². The van der Waals surface area contributed by atoms with Crippen LogP contribution in [0.2, 0.25) is 0 Å². The zero-order valence-electron chi connectivity index (χ0n) is 8.50. The molecule has 0 amide bonds. The SMILES string of the molecule is O=S(=O)(NCc1ccncn1)c1ccc(Br)s1. The third-order valence-corrected chi connectivity index (χ3v) is 5.42. The molecular weight excluding hydrogens is 326 g/mol. The summed E-state index contributed by atoms with van der Waals surface area (Å²) in [7, 11) is -3.46. The summed E-state index contributed by atoms with van der Waals surface area (Å²) >= 11 is 4.39. The predicted octanol–water partition coefficient (Wildman–Crippen LogP) is 1.78. The molecule has 5 nitrogen and oxygen atoms in total. The van der Waals surface area contributed by atoms with E-state index in [2.05, 4.69) is 30.6 Å². The van der Waals surface area contributed by atoms with Crippen molar-refractivity contribution in [3.8, 4) is 0 Å². The molecule has 2 heterocycles. The Bertz CT molecular complexity index is 598. The van der Waals surface area contributed by atoms with Gasteiger partial charge >= 0.3 is 0 Å². The molecule has 2 aromatic rings. The molecule has 8 heteroatoms. The molecule has 0 atom stereocenters. The van der Waals surface area contributed by atoms with E-state index in [-0.39, 0.29) is 10.8 Å². The van der Waals surface area contributed by atoms with Crippen molar-refractivity contribution in [2.45, 2.75) is 10.8 Å². The quantitative estimate of drug-likeness (QED) is 0.925. The average molecular weight is 334 g/mol. The molecule has 0 spiro atoms. The second-order valence-corrected chi connectivity index (χ2v) is 7.54. The van der Waals surface area contributed by atoms with Gasteiger partial charge < -0.3 is 0 Å². The van der Waals surface area contributed by atoms with Gasteiger partial charge in [0.2, 0.25) is 10.0 Å². The van der Waals surface area contributed by atoms with Gasteiger partial charge in [-0.15, -0.1) is 11.3 Å². The van der Waals surface area contributed by atoms with Crippen LogP contribution in [0.5, 0.6) is 0 Å². The van der Waals surface area contributed by atoms with Gasteiger partial charge in [0.1, 0.15) is 10.5 Å². The molecule has 0 unspecified atom stereocenters. The summed E-state index contributed by atoms with van der Waals surface area (Å²) in [6.45, 7) is 0.153. The molecule has 0 radical (unpaired) electrons. The van der Waals surface area contributed by atoms with Crippen LogP contribution in [0.3, 0.4) is 0 Å². The minimum atomic E-state index is -3.46. The van der Waals surface area contributed by atoms with E-state index in [0.29, 0.717) is 5.69 Å². The van der Waals surface area contributed by atoms with Gasteiger partial charge in [-0.25, -0.2) is 23.1 Å². The summed E-state index contributed by atoms with van der Waals surface area (Å²) in [6.07, 6.45) is 2.95. The fourth-order valence-corrected chi connectivity index (χ4v) is 4.16. The van der Waals surface area contributed by atoms with Gasteiger partial charge in [0.05, 0.1) is 16.0 Å². The molecule has 0 aromatic carbocycles. The molecule has 2 aromatic heterocycles. The van der Waals surface area contributed by atoms with Crippen LogP contribution in [0.1, 0.15) is 5.69 Å². The Morgan fingerprint density at radius 3 is 2.76 bits per heavy atom. The molecule has 0 saturated heterocycles. The van der Waals surface area contributed by atoms with Crippen molar-refractivity contribution in [1.29, 1.82) is 0 Å². The van der Waals surface area contributed by atoms with Crippen molar-refractivity contribution < 1.29 is 8.42 Å². The highest BCUT2D eigenvalue weighted by Gasteiger charge is 2.16. The van der Waals surface area contributed by atoms with Gasteiger partial charge in [0, 0.05) is 6.20 Å². The van der Waals surface area contributed by atoms with Crippen LogP contribution in [-0.2, 0) is 16.6 Å². The van der Waals surface area contributed by atoms with Crippen LogP contribution in [0, 0.1) is 0 Å². The van der Waals surface area contributed by atoms with Gasteiger partial charge in [0.15, 0.2) is 0 Å². The topological polar surface area (TPSA) is 72.0 Å². The number of nitrogens with zero attached hydrogens (tertiary/aromatic N) is 2. The summed E-state index contributed by atoms with van der Waals surface area (Å²) in [5, 5.41) is 0. The first kappa shape index (κ1) is 12.6. The second kappa shape index (κ2) is 5.21. The van der Waals surface area contributed by atoms with Crippen LogP contribution >= 0.6 is 27.3 Å². The highest BCUT2D eigenvalue weighted by Crippen LogP contribution is 2.25. The Balaban J connectivity index is 2.09. The largest absolute Gasteiger partial charge is 0.250 e. The Labute approximate surface area is 111 Å². The second-order valence-electron chi connectivity index (χ2n) is 3.08. The lowest BCUT2D eigenvalue weighted by Gasteiger charge is -2.03. The molecule has 0 bridgehead atoms. The van der Waals surface area contributed by atoms with E-state index in [1.807, 2.05) is 0 Å². The fraction of sp³-hybridized carbons (Fsp3) is 0.111. The maximum Gasteiger partial charge on any atom is 0.250 e. The van der Waals surface area contributed by atoms with Crippen molar-refractivity contribution in [3.05, 3.63) is 40.2 Å². The fourth-order valence-electron chi connectivity index (χ4n) is 1.10. The Hall–Kier alpha value is -0.830. The van der Waals surface area contributed by atoms with Crippen LogP contribution in [0.25, 0.3) is 0 Å². The molecule has 0 aliphatic rings. The summed E-state index contributed by atoms with van der Waals surface area (Å²) in [4.78, 5) is 7.70. The lowest BCUT2D eigenvalue weighted by Crippen LogP contribution is -2.22. The Morgan fingerprint density at radius 1 is 1.35 bits per heavy atom. The normalized spacial score (nSPS) is 11.6. The highest BCUT2D eigenvalue weighted by molar-refractivity contribution is 9.11. The van der Waals surface area contributed by atoms with E-state index in [1.54, 1.807) is 24.4 Å². The number of hydrogen-bond acceptors (Lipinski definition) is 5. The first-order valence-corrected chi connectivity index (χ1v) is 7.67. The van der Waals surface area contributed by atoms with Gasteiger partial charge in [0.25, 0.3) is 0 Å². The van der Waals surface area contributed by atoms with Gasteiger partial charge in [-0.05, 0) is 34.1 Å². The zero-order valence-corrected chi connectivity index (χ0v) is 11.7. The Morgan fingerprint density at radius 2 is 2.18 bits per heavy atom. The minimum Gasteiger partial charge on any atom is -0.245 e.